The number of hydrogen-bond acceptors (Lipinski definition) is 5. The van der Waals surface area contributed by atoms with Crippen LogP contribution in [0, 0.1) is 5.82 Å². The van der Waals surface area contributed by atoms with Crippen LogP contribution in [0.4, 0.5) is 10.1 Å². The molecule has 7 heteroatoms. The molecule has 0 saturated carbocycles. The number of benzene rings is 2. The summed E-state index contributed by atoms with van der Waals surface area (Å²) < 4.78 is 18.7. The van der Waals surface area contributed by atoms with E-state index in [2.05, 4.69) is 0 Å². The van der Waals surface area contributed by atoms with Crippen molar-refractivity contribution < 1.29 is 23.8 Å². The number of imide groups is 1. The Bertz CT molecular complexity index is 895. The Hall–Kier alpha value is -2.64. The molecule has 0 unspecified atom stereocenters. The van der Waals surface area contributed by atoms with Crippen LogP contribution >= 0.6 is 11.8 Å². The first-order valence-corrected chi connectivity index (χ1v) is 9.41. The number of ether oxygens (including phenoxy) is 1. The van der Waals surface area contributed by atoms with Gasteiger partial charge in [-0.25, -0.2) is 9.29 Å². The monoisotopic (exact) mass is 387 g/mol. The molecule has 1 aliphatic heterocycles. The fourth-order valence-electron chi connectivity index (χ4n) is 2.78. The van der Waals surface area contributed by atoms with Gasteiger partial charge in [0.05, 0.1) is 29.4 Å². The zero-order valence-electron chi connectivity index (χ0n) is 14.6. The number of halogens is 1. The molecule has 0 atom stereocenters. The van der Waals surface area contributed by atoms with Crippen LogP contribution in [0.2, 0.25) is 0 Å². The van der Waals surface area contributed by atoms with Gasteiger partial charge in [-0.15, -0.1) is 11.8 Å². The minimum atomic E-state index is -0.485. The summed E-state index contributed by atoms with van der Waals surface area (Å²) in [5, 5.41) is 9.13. The third-order valence-electron chi connectivity index (χ3n) is 3.90. The molecule has 0 fully saturated rings. The first-order valence-electron chi connectivity index (χ1n) is 8.42. The molecule has 1 aliphatic rings. The lowest BCUT2D eigenvalue weighted by Crippen LogP contribution is -2.31. The van der Waals surface area contributed by atoms with Crippen LogP contribution in [0.15, 0.2) is 53.4 Å². The molecule has 1 N–H and O–H groups in total. The molecule has 3 rings (SSSR count). The zero-order valence-corrected chi connectivity index (χ0v) is 15.5. The largest absolute Gasteiger partial charge is 0.494 e. The molecule has 0 bridgehead atoms. The number of carbonyl (C=O) groups excluding carboxylic acids is 2. The average molecular weight is 387 g/mol. The SMILES string of the molecule is CCOc1cccc(N2C(=O)C(SCCO)=C(c3ccc(F)cc3)C2=O)c1. The molecule has 27 heavy (non-hydrogen) atoms. The van der Waals surface area contributed by atoms with Gasteiger partial charge in [-0.05, 0) is 36.8 Å². The number of amides is 2. The van der Waals surface area contributed by atoms with Crippen molar-refractivity contribution in [2.75, 3.05) is 23.9 Å². The maximum Gasteiger partial charge on any atom is 0.272 e. The molecule has 2 amide bonds. The molecule has 0 spiro atoms. The molecule has 0 radical (unpaired) electrons. The molecule has 0 aliphatic carbocycles. The van der Waals surface area contributed by atoms with Crippen LogP contribution in [-0.4, -0.2) is 35.9 Å². The number of aliphatic hydroxyl groups is 1. The predicted octanol–water partition coefficient (Wildman–Crippen LogP) is 3.23. The molecular formula is C20H18FNO4S. The van der Waals surface area contributed by atoms with E-state index >= 15 is 0 Å². The quantitative estimate of drug-likeness (QED) is 0.739. The van der Waals surface area contributed by atoms with Gasteiger partial charge >= 0.3 is 0 Å². The lowest BCUT2D eigenvalue weighted by atomic mass is 10.1. The number of anilines is 1. The molecule has 5 nitrogen and oxygen atoms in total. The average Bonchev–Trinajstić information content (AvgIpc) is 2.91. The minimum absolute atomic E-state index is 0.133. The summed E-state index contributed by atoms with van der Waals surface area (Å²) >= 11 is 1.11. The van der Waals surface area contributed by atoms with Crippen molar-refractivity contribution in [3.05, 3.63) is 64.8 Å². The highest BCUT2D eigenvalue weighted by atomic mass is 32.2. The van der Waals surface area contributed by atoms with Crippen molar-refractivity contribution >= 4 is 34.8 Å². The number of thioether (sulfide) groups is 1. The van der Waals surface area contributed by atoms with Crippen molar-refractivity contribution in [1.82, 2.24) is 0 Å². The minimum Gasteiger partial charge on any atom is -0.494 e. The van der Waals surface area contributed by atoms with Gasteiger partial charge in [0.25, 0.3) is 11.8 Å². The molecule has 0 saturated heterocycles. The Morgan fingerprint density at radius 3 is 2.52 bits per heavy atom. The Labute approximate surface area is 160 Å². The van der Waals surface area contributed by atoms with Gasteiger partial charge in [0.2, 0.25) is 0 Å². The maximum atomic E-state index is 13.3. The van der Waals surface area contributed by atoms with E-state index in [0.29, 0.717) is 23.6 Å². The van der Waals surface area contributed by atoms with Crippen LogP contribution in [-0.2, 0) is 9.59 Å². The van der Waals surface area contributed by atoms with Crippen molar-refractivity contribution in [1.29, 1.82) is 0 Å². The topological polar surface area (TPSA) is 66.8 Å². The first-order chi connectivity index (χ1) is 13.1. The van der Waals surface area contributed by atoms with Gasteiger partial charge in [-0.1, -0.05) is 18.2 Å². The van der Waals surface area contributed by atoms with E-state index in [1.165, 1.54) is 24.3 Å². The predicted molar refractivity (Wildman–Crippen MR) is 103 cm³/mol. The fraction of sp³-hybridized carbons (Fsp3) is 0.200. The van der Waals surface area contributed by atoms with E-state index in [9.17, 15) is 14.0 Å². The zero-order chi connectivity index (χ0) is 19.4. The van der Waals surface area contributed by atoms with E-state index in [1.54, 1.807) is 24.3 Å². The third-order valence-corrected chi connectivity index (χ3v) is 4.95. The Balaban J connectivity index is 2.03. The smallest absolute Gasteiger partial charge is 0.272 e. The van der Waals surface area contributed by atoms with E-state index < -0.39 is 17.6 Å². The second kappa shape index (κ2) is 8.37. The van der Waals surface area contributed by atoms with E-state index in [1.807, 2.05) is 6.92 Å². The molecular weight excluding hydrogens is 369 g/mol. The van der Waals surface area contributed by atoms with Crippen molar-refractivity contribution in [3.8, 4) is 5.75 Å². The maximum absolute atomic E-state index is 13.3. The summed E-state index contributed by atoms with van der Waals surface area (Å²) in [6.07, 6.45) is 0. The van der Waals surface area contributed by atoms with Crippen molar-refractivity contribution in [2.45, 2.75) is 6.92 Å². The molecule has 2 aromatic carbocycles. The van der Waals surface area contributed by atoms with Crippen LogP contribution in [0.1, 0.15) is 12.5 Å². The van der Waals surface area contributed by atoms with Crippen LogP contribution in [0.3, 0.4) is 0 Å². The lowest BCUT2D eigenvalue weighted by Gasteiger charge is -2.16. The van der Waals surface area contributed by atoms with Crippen LogP contribution in [0.25, 0.3) is 5.57 Å². The van der Waals surface area contributed by atoms with Gasteiger partial charge in [0.15, 0.2) is 0 Å². The van der Waals surface area contributed by atoms with Gasteiger partial charge in [0, 0.05) is 11.8 Å². The third kappa shape index (κ3) is 3.89. The fourth-order valence-corrected chi connectivity index (χ4v) is 3.64. The van der Waals surface area contributed by atoms with Crippen LogP contribution in [0.5, 0.6) is 5.75 Å². The van der Waals surface area contributed by atoms with Gasteiger partial charge in [0.1, 0.15) is 11.6 Å². The summed E-state index contributed by atoms with van der Waals surface area (Å²) in [7, 11) is 0. The molecule has 1 heterocycles. The summed E-state index contributed by atoms with van der Waals surface area (Å²) in [6.45, 7) is 2.17. The number of aliphatic hydroxyl groups excluding tert-OH is 1. The molecule has 2 aromatic rings. The van der Waals surface area contributed by atoms with Crippen LogP contribution < -0.4 is 9.64 Å². The highest BCUT2D eigenvalue weighted by Crippen LogP contribution is 2.39. The highest BCUT2D eigenvalue weighted by molar-refractivity contribution is 8.04. The Kier molecular flexibility index (Phi) is 5.93. The van der Waals surface area contributed by atoms with E-state index in [0.717, 1.165) is 16.7 Å². The highest BCUT2D eigenvalue weighted by Gasteiger charge is 2.40. The summed E-state index contributed by atoms with van der Waals surface area (Å²) in [5.41, 5.74) is 1.06. The second-order valence-electron chi connectivity index (χ2n) is 5.66. The Morgan fingerprint density at radius 1 is 1.11 bits per heavy atom. The van der Waals surface area contributed by atoms with E-state index in [4.69, 9.17) is 9.84 Å². The van der Waals surface area contributed by atoms with Gasteiger partial charge < -0.3 is 9.84 Å². The summed E-state index contributed by atoms with van der Waals surface area (Å²) in [4.78, 5) is 27.4. The molecule has 0 aromatic heterocycles. The Morgan fingerprint density at radius 2 is 1.85 bits per heavy atom. The second-order valence-corrected chi connectivity index (χ2v) is 6.76. The number of carbonyl (C=O) groups is 2. The van der Waals surface area contributed by atoms with Gasteiger partial charge in [-0.3, -0.25) is 9.59 Å². The number of hydrogen-bond donors (Lipinski definition) is 1. The summed E-state index contributed by atoms with van der Waals surface area (Å²) in [6, 6.07) is 12.1. The van der Waals surface area contributed by atoms with E-state index in [-0.39, 0.29) is 22.8 Å². The normalized spacial score (nSPS) is 14.3. The standard InChI is InChI=1S/C20H18FNO4S/c1-2-26-16-5-3-4-15(12-16)22-19(24)17(13-6-8-14(21)9-7-13)18(20(22)25)27-11-10-23/h3-9,12,23H,2,10-11H2,1H3. The van der Waals surface area contributed by atoms with Crippen molar-refractivity contribution in [2.24, 2.45) is 0 Å². The lowest BCUT2D eigenvalue weighted by molar-refractivity contribution is -0.119. The van der Waals surface area contributed by atoms with Gasteiger partial charge in [-0.2, -0.15) is 0 Å². The molecule has 140 valence electrons. The van der Waals surface area contributed by atoms with Crippen molar-refractivity contribution in [3.63, 3.8) is 0 Å². The first kappa shape index (κ1) is 19.1. The number of rotatable bonds is 7. The number of nitrogens with zero attached hydrogens (tertiary/aromatic N) is 1. The summed E-state index contributed by atoms with van der Waals surface area (Å²) in [5.74, 6) is -0.559.